The van der Waals surface area contributed by atoms with Crippen LogP contribution in [-0.4, -0.2) is 22.4 Å². The van der Waals surface area contributed by atoms with Crippen LogP contribution in [0.5, 0.6) is 0 Å². The minimum atomic E-state index is -0.202. The third-order valence-corrected chi connectivity index (χ3v) is 2.54. The van der Waals surface area contributed by atoms with Gasteiger partial charge in [-0.25, -0.2) is 0 Å². The van der Waals surface area contributed by atoms with Gasteiger partial charge in [-0.2, -0.15) is 0 Å². The SMILES string of the molecule is CC12C=CC(C)(CC(O)C1)O2. The average molecular weight is 154 g/mol. The molecule has 2 atom stereocenters. The van der Waals surface area contributed by atoms with Gasteiger partial charge in [-0.1, -0.05) is 12.2 Å². The van der Waals surface area contributed by atoms with Gasteiger partial charge in [0.05, 0.1) is 17.3 Å². The van der Waals surface area contributed by atoms with Gasteiger partial charge in [0.15, 0.2) is 0 Å². The van der Waals surface area contributed by atoms with Gasteiger partial charge in [-0.15, -0.1) is 0 Å². The van der Waals surface area contributed by atoms with Crippen molar-refractivity contribution in [1.29, 1.82) is 0 Å². The van der Waals surface area contributed by atoms with E-state index in [4.69, 9.17) is 4.74 Å². The van der Waals surface area contributed by atoms with Crippen molar-refractivity contribution in [2.75, 3.05) is 0 Å². The number of hydrogen-bond acceptors (Lipinski definition) is 2. The van der Waals surface area contributed by atoms with E-state index in [2.05, 4.69) is 12.2 Å². The molecule has 0 aromatic rings. The Morgan fingerprint density at radius 3 is 2.18 bits per heavy atom. The van der Waals surface area contributed by atoms with E-state index in [0.717, 1.165) is 12.8 Å². The maximum atomic E-state index is 9.50. The zero-order valence-corrected chi connectivity index (χ0v) is 7.00. The minimum absolute atomic E-state index is 0.200. The molecule has 2 nitrogen and oxygen atoms in total. The largest absolute Gasteiger partial charge is 0.393 e. The van der Waals surface area contributed by atoms with Crippen molar-refractivity contribution in [3.8, 4) is 0 Å². The van der Waals surface area contributed by atoms with E-state index in [1.54, 1.807) is 0 Å². The van der Waals surface area contributed by atoms with Crippen molar-refractivity contribution >= 4 is 0 Å². The first-order chi connectivity index (χ1) is 5.02. The molecule has 11 heavy (non-hydrogen) atoms. The fourth-order valence-electron chi connectivity index (χ4n) is 2.18. The summed E-state index contributed by atoms with van der Waals surface area (Å²) in [7, 11) is 0. The van der Waals surface area contributed by atoms with Crippen LogP contribution in [0.1, 0.15) is 26.7 Å². The summed E-state index contributed by atoms with van der Waals surface area (Å²) >= 11 is 0. The molecule has 0 saturated carbocycles. The second-order valence-electron chi connectivity index (χ2n) is 4.12. The fraction of sp³-hybridized carbons (Fsp3) is 0.778. The van der Waals surface area contributed by atoms with Crippen molar-refractivity contribution in [1.82, 2.24) is 0 Å². The summed E-state index contributed by atoms with van der Waals surface area (Å²) in [4.78, 5) is 0. The number of rotatable bonds is 0. The van der Waals surface area contributed by atoms with Gasteiger partial charge in [-0.05, 0) is 13.8 Å². The second kappa shape index (κ2) is 1.87. The molecule has 2 aliphatic rings. The summed E-state index contributed by atoms with van der Waals surface area (Å²) < 4.78 is 5.77. The predicted molar refractivity (Wildman–Crippen MR) is 42.3 cm³/mol. The normalized spacial score (nSPS) is 55.0. The van der Waals surface area contributed by atoms with Gasteiger partial charge in [0.1, 0.15) is 0 Å². The Balaban J connectivity index is 2.28. The van der Waals surface area contributed by atoms with Gasteiger partial charge < -0.3 is 9.84 Å². The summed E-state index contributed by atoms with van der Waals surface area (Å²) in [5.74, 6) is 0. The quantitative estimate of drug-likeness (QED) is 0.532. The van der Waals surface area contributed by atoms with E-state index < -0.39 is 0 Å². The van der Waals surface area contributed by atoms with Crippen LogP contribution in [0.3, 0.4) is 0 Å². The van der Waals surface area contributed by atoms with E-state index in [1.165, 1.54) is 0 Å². The molecule has 62 valence electrons. The molecule has 0 aliphatic carbocycles. The molecular formula is C9H14O2. The van der Waals surface area contributed by atoms with E-state index in [9.17, 15) is 5.11 Å². The topological polar surface area (TPSA) is 29.5 Å². The zero-order valence-electron chi connectivity index (χ0n) is 7.00. The summed E-state index contributed by atoms with van der Waals surface area (Å²) in [5.41, 5.74) is -0.404. The van der Waals surface area contributed by atoms with Crippen LogP contribution < -0.4 is 0 Å². The zero-order chi connectivity index (χ0) is 8.11. The molecule has 2 unspecified atom stereocenters. The van der Waals surface area contributed by atoms with Gasteiger partial charge in [0, 0.05) is 12.8 Å². The Bertz CT molecular complexity index is 192. The minimum Gasteiger partial charge on any atom is -0.393 e. The Hall–Kier alpha value is -0.340. The molecule has 0 spiro atoms. The van der Waals surface area contributed by atoms with Crippen LogP contribution in [-0.2, 0) is 4.74 Å². The number of aliphatic hydroxyl groups excluding tert-OH is 1. The third kappa shape index (κ3) is 1.10. The molecule has 1 N–H and O–H groups in total. The lowest BCUT2D eigenvalue weighted by atomic mass is 9.91. The Morgan fingerprint density at radius 1 is 1.27 bits per heavy atom. The lowest BCUT2D eigenvalue weighted by molar-refractivity contribution is -0.142. The second-order valence-corrected chi connectivity index (χ2v) is 4.12. The first kappa shape index (κ1) is 7.32. The molecule has 2 heterocycles. The molecule has 2 aliphatic heterocycles. The number of ether oxygens (including phenoxy) is 1. The van der Waals surface area contributed by atoms with Gasteiger partial charge >= 0.3 is 0 Å². The average Bonchev–Trinajstić information content (AvgIpc) is 2.01. The highest BCUT2D eigenvalue weighted by Crippen LogP contribution is 2.42. The van der Waals surface area contributed by atoms with Crippen molar-refractivity contribution in [3.63, 3.8) is 0 Å². The summed E-state index contributed by atoms with van der Waals surface area (Å²) in [6, 6.07) is 0. The molecule has 1 fully saturated rings. The van der Waals surface area contributed by atoms with E-state index in [0.29, 0.717) is 0 Å². The van der Waals surface area contributed by atoms with Crippen molar-refractivity contribution in [2.24, 2.45) is 0 Å². The highest BCUT2D eigenvalue weighted by atomic mass is 16.5. The van der Waals surface area contributed by atoms with Crippen molar-refractivity contribution < 1.29 is 9.84 Å². The summed E-state index contributed by atoms with van der Waals surface area (Å²) in [6.45, 7) is 4.05. The lowest BCUT2D eigenvalue weighted by Gasteiger charge is -2.38. The first-order valence-corrected chi connectivity index (χ1v) is 4.10. The molecule has 0 amide bonds. The van der Waals surface area contributed by atoms with Crippen LogP contribution in [0.4, 0.5) is 0 Å². The maximum Gasteiger partial charge on any atom is 0.0871 e. The highest BCUT2D eigenvalue weighted by Gasteiger charge is 2.45. The van der Waals surface area contributed by atoms with E-state index in [1.807, 2.05) is 13.8 Å². The Morgan fingerprint density at radius 2 is 1.73 bits per heavy atom. The maximum absolute atomic E-state index is 9.50. The molecular weight excluding hydrogens is 140 g/mol. The molecule has 0 radical (unpaired) electrons. The molecule has 1 saturated heterocycles. The van der Waals surface area contributed by atoms with Crippen LogP contribution in [0, 0.1) is 0 Å². The standard InChI is InChI=1S/C9H14O2/c1-8-3-4-9(2,11-8)6-7(10)5-8/h3-4,7,10H,5-6H2,1-2H3. The smallest absolute Gasteiger partial charge is 0.0871 e. The van der Waals surface area contributed by atoms with Crippen LogP contribution in [0.25, 0.3) is 0 Å². The Kier molecular flexibility index (Phi) is 1.25. The Labute approximate surface area is 66.9 Å². The summed E-state index contributed by atoms with van der Waals surface area (Å²) in [5, 5.41) is 9.50. The van der Waals surface area contributed by atoms with Crippen molar-refractivity contribution in [3.05, 3.63) is 12.2 Å². The number of fused-ring (bicyclic) bond motifs is 2. The molecule has 2 rings (SSSR count). The summed E-state index contributed by atoms with van der Waals surface area (Å²) in [6.07, 6.45) is 5.42. The number of aliphatic hydroxyl groups is 1. The van der Waals surface area contributed by atoms with Gasteiger partial charge in [0.2, 0.25) is 0 Å². The van der Waals surface area contributed by atoms with Gasteiger partial charge in [-0.3, -0.25) is 0 Å². The van der Waals surface area contributed by atoms with E-state index >= 15 is 0 Å². The lowest BCUT2D eigenvalue weighted by Crippen LogP contribution is -2.43. The molecule has 2 bridgehead atoms. The van der Waals surface area contributed by atoms with Crippen LogP contribution in [0.15, 0.2) is 12.2 Å². The predicted octanol–water partition coefficient (Wildman–Crippen LogP) is 1.24. The van der Waals surface area contributed by atoms with Gasteiger partial charge in [0.25, 0.3) is 0 Å². The molecule has 2 heteroatoms. The third-order valence-electron chi connectivity index (χ3n) is 2.54. The van der Waals surface area contributed by atoms with Crippen molar-refractivity contribution in [2.45, 2.75) is 44.0 Å². The van der Waals surface area contributed by atoms with Crippen LogP contribution in [0.2, 0.25) is 0 Å². The molecule has 0 aromatic carbocycles. The fourth-order valence-corrected chi connectivity index (χ4v) is 2.18. The number of hydrogen-bond donors (Lipinski definition) is 1. The van der Waals surface area contributed by atoms with E-state index in [-0.39, 0.29) is 17.3 Å². The van der Waals surface area contributed by atoms with Crippen LogP contribution >= 0.6 is 0 Å². The monoisotopic (exact) mass is 154 g/mol. The first-order valence-electron chi connectivity index (χ1n) is 4.10. The molecule has 0 aromatic heterocycles. The highest BCUT2D eigenvalue weighted by molar-refractivity contribution is 5.19.